The van der Waals surface area contributed by atoms with Crippen LogP contribution in [0, 0.1) is 5.82 Å². The Labute approximate surface area is 159 Å². The maximum Gasteiger partial charge on any atom is 0.351 e. The molecule has 1 fully saturated rings. The summed E-state index contributed by atoms with van der Waals surface area (Å²) in [7, 11) is 0. The lowest BCUT2D eigenvalue weighted by Gasteiger charge is -2.05. The summed E-state index contributed by atoms with van der Waals surface area (Å²) in [5.41, 5.74) is 0.709. The van der Waals surface area contributed by atoms with Crippen molar-refractivity contribution in [3.63, 3.8) is 0 Å². The molecule has 0 unspecified atom stereocenters. The van der Waals surface area contributed by atoms with Crippen molar-refractivity contribution in [3.8, 4) is 5.69 Å². The van der Waals surface area contributed by atoms with Crippen LogP contribution in [0.4, 0.5) is 10.1 Å². The van der Waals surface area contributed by atoms with Gasteiger partial charge in [0.1, 0.15) is 18.2 Å². The fourth-order valence-electron chi connectivity index (χ4n) is 2.86. The highest BCUT2D eigenvalue weighted by Gasteiger charge is 2.31. The van der Waals surface area contributed by atoms with E-state index >= 15 is 0 Å². The molecule has 1 aliphatic carbocycles. The highest BCUT2D eigenvalue weighted by Crippen LogP contribution is 2.39. The van der Waals surface area contributed by atoms with Gasteiger partial charge in [-0.2, -0.15) is 5.10 Å². The number of halogens is 2. The van der Waals surface area contributed by atoms with Crippen molar-refractivity contribution in [3.05, 3.63) is 75.7 Å². The second kappa shape index (κ2) is 7.00. The van der Waals surface area contributed by atoms with Gasteiger partial charge >= 0.3 is 5.69 Å². The number of rotatable bonds is 5. The third kappa shape index (κ3) is 3.64. The molecule has 0 bridgehead atoms. The molecule has 4 rings (SSSR count). The van der Waals surface area contributed by atoms with Crippen LogP contribution in [-0.2, 0) is 11.3 Å². The summed E-state index contributed by atoms with van der Waals surface area (Å²) in [6.07, 6.45) is 1.95. The van der Waals surface area contributed by atoms with Crippen LogP contribution in [0.5, 0.6) is 0 Å². The van der Waals surface area contributed by atoms with E-state index in [1.165, 1.54) is 18.2 Å². The third-order valence-corrected chi connectivity index (χ3v) is 4.61. The van der Waals surface area contributed by atoms with E-state index < -0.39 is 11.7 Å². The Morgan fingerprint density at radius 1 is 1.22 bits per heavy atom. The third-order valence-electron chi connectivity index (χ3n) is 4.32. The molecule has 1 aliphatic rings. The molecular weight excluding hydrogens is 371 g/mol. The number of nitrogens with one attached hydrogen (secondary N) is 1. The Kier molecular flexibility index (Phi) is 4.53. The molecule has 6 nitrogen and oxygen atoms in total. The fourth-order valence-corrected chi connectivity index (χ4v) is 3.04. The molecule has 1 saturated carbocycles. The van der Waals surface area contributed by atoms with Gasteiger partial charge in [0.2, 0.25) is 5.91 Å². The molecule has 8 heteroatoms. The Morgan fingerprint density at radius 3 is 2.63 bits per heavy atom. The highest BCUT2D eigenvalue weighted by atomic mass is 35.5. The summed E-state index contributed by atoms with van der Waals surface area (Å²) in [6, 6.07) is 13.1. The van der Waals surface area contributed by atoms with Crippen LogP contribution in [-0.4, -0.2) is 20.3 Å². The SMILES string of the molecule is O=C(Cn1nc(C2CC2)n(-c2ccccc2)c1=O)Nc1ccc(F)c(Cl)c1. The molecule has 1 N–H and O–H groups in total. The maximum absolute atomic E-state index is 13.2. The van der Waals surface area contributed by atoms with Crippen LogP contribution < -0.4 is 11.0 Å². The Morgan fingerprint density at radius 2 is 1.96 bits per heavy atom. The molecule has 1 amide bonds. The van der Waals surface area contributed by atoms with Crippen molar-refractivity contribution in [1.82, 2.24) is 14.3 Å². The Hall–Kier alpha value is -2.93. The van der Waals surface area contributed by atoms with E-state index in [0.717, 1.165) is 23.2 Å². The number of benzene rings is 2. The van der Waals surface area contributed by atoms with E-state index in [-0.39, 0.29) is 23.2 Å². The van der Waals surface area contributed by atoms with E-state index in [1.807, 2.05) is 30.3 Å². The lowest BCUT2D eigenvalue weighted by Crippen LogP contribution is -2.29. The van der Waals surface area contributed by atoms with Gasteiger partial charge in [0.15, 0.2) is 0 Å². The summed E-state index contributed by atoms with van der Waals surface area (Å²) in [6.45, 7) is -0.243. The number of aromatic nitrogens is 3. The minimum Gasteiger partial charge on any atom is -0.324 e. The largest absolute Gasteiger partial charge is 0.351 e. The Balaban J connectivity index is 1.60. The van der Waals surface area contributed by atoms with Gasteiger partial charge in [-0.15, -0.1) is 0 Å². The first kappa shape index (κ1) is 17.5. The number of anilines is 1. The topological polar surface area (TPSA) is 68.9 Å². The van der Waals surface area contributed by atoms with Gasteiger partial charge in [0.25, 0.3) is 0 Å². The minimum absolute atomic E-state index is 0.0886. The van der Waals surface area contributed by atoms with Gasteiger partial charge < -0.3 is 5.32 Å². The summed E-state index contributed by atoms with van der Waals surface area (Å²) in [4.78, 5) is 25.1. The first-order chi connectivity index (χ1) is 13.0. The fraction of sp³-hybridized carbons (Fsp3) is 0.211. The molecule has 1 aromatic heterocycles. The molecule has 27 heavy (non-hydrogen) atoms. The number of nitrogens with zero attached hydrogens (tertiary/aromatic N) is 3. The molecule has 2 aromatic carbocycles. The zero-order valence-corrected chi connectivity index (χ0v) is 15.0. The van der Waals surface area contributed by atoms with Crippen LogP contribution in [0.25, 0.3) is 5.69 Å². The second-order valence-electron chi connectivity index (χ2n) is 6.42. The van der Waals surface area contributed by atoms with Crippen LogP contribution >= 0.6 is 11.6 Å². The summed E-state index contributed by atoms with van der Waals surface area (Å²) >= 11 is 5.72. The lowest BCUT2D eigenvalue weighted by atomic mass is 10.3. The van der Waals surface area contributed by atoms with Crippen molar-refractivity contribution in [1.29, 1.82) is 0 Å². The normalized spacial score (nSPS) is 13.6. The predicted molar refractivity (Wildman–Crippen MR) is 99.8 cm³/mol. The average Bonchev–Trinajstić information content (AvgIpc) is 3.44. The molecule has 0 saturated heterocycles. The standard InChI is InChI=1S/C19H16ClFN4O2/c20-15-10-13(8-9-16(15)21)22-17(26)11-24-19(27)25(14-4-2-1-3-5-14)18(23-24)12-6-7-12/h1-5,8-10,12H,6-7,11H2,(H,22,26). The predicted octanol–water partition coefficient (Wildman–Crippen LogP) is 3.34. The maximum atomic E-state index is 13.2. The smallest absolute Gasteiger partial charge is 0.324 e. The molecular formula is C19H16ClFN4O2. The van der Waals surface area contributed by atoms with Crippen LogP contribution in [0.15, 0.2) is 53.3 Å². The van der Waals surface area contributed by atoms with Gasteiger partial charge in [0.05, 0.1) is 10.7 Å². The average molecular weight is 387 g/mol. The number of hydrogen-bond donors (Lipinski definition) is 1. The number of carbonyl (C=O) groups is 1. The zero-order chi connectivity index (χ0) is 19.0. The number of hydrogen-bond acceptors (Lipinski definition) is 3. The number of amides is 1. The van der Waals surface area contributed by atoms with E-state index in [0.29, 0.717) is 11.5 Å². The molecule has 3 aromatic rings. The van der Waals surface area contributed by atoms with Gasteiger partial charge in [-0.3, -0.25) is 4.79 Å². The number of carbonyl (C=O) groups excluding carboxylic acids is 1. The van der Waals surface area contributed by atoms with Gasteiger partial charge in [-0.25, -0.2) is 18.4 Å². The quantitative estimate of drug-likeness (QED) is 0.731. The molecule has 138 valence electrons. The van der Waals surface area contributed by atoms with E-state index in [2.05, 4.69) is 10.4 Å². The monoisotopic (exact) mass is 386 g/mol. The lowest BCUT2D eigenvalue weighted by molar-refractivity contribution is -0.117. The molecule has 0 aliphatic heterocycles. The molecule has 1 heterocycles. The first-order valence-electron chi connectivity index (χ1n) is 8.53. The van der Waals surface area contributed by atoms with Crippen LogP contribution in [0.1, 0.15) is 24.6 Å². The van der Waals surface area contributed by atoms with Gasteiger partial charge in [0, 0.05) is 11.6 Å². The molecule has 0 atom stereocenters. The minimum atomic E-state index is -0.568. The summed E-state index contributed by atoms with van der Waals surface area (Å²) < 4.78 is 15.9. The first-order valence-corrected chi connectivity index (χ1v) is 8.91. The summed E-state index contributed by atoms with van der Waals surface area (Å²) in [5, 5.41) is 6.89. The van der Waals surface area contributed by atoms with Crippen LogP contribution in [0.2, 0.25) is 5.02 Å². The van der Waals surface area contributed by atoms with Crippen molar-refractivity contribution in [2.24, 2.45) is 0 Å². The Bertz CT molecular complexity index is 1060. The van der Waals surface area contributed by atoms with Crippen molar-refractivity contribution < 1.29 is 9.18 Å². The second-order valence-corrected chi connectivity index (χ2v) is 6.83. The zero-order valence-electron chi connectivity index (χ0n) is 14.2. The van der Waals surface area contributed by atoms with E-state index in [4.69, 9.17) is 11.6 Å². The van der Waals surface area contributed by atoms with E-state index in [9.17, 15) is 14.0 Å². The van der Waals surface area contributed by atoms with Crippen molar-refractivity contribution in [2.75, 3.05) is 5.32 Å². The van der Waals surface area contributed by atoms with Crippen molar-refractivity contribution >= 4 is 23.2 Å². The molecule has 0 spiro atoms. The summed E-state index contributed by atoms with van der Waals surface area (Å²) in [5.74, 6) is -0.108. The van der Waals surface area contributed by atoms with Gasteiger partial charge in [-0.1, -0.05) is 29.8 Å². The van der Waals surface area contributed by atoms with Gasteiger partial charge in [-0.05, 0) is 43.2 Å². The van der Waals surface area contributed by atoms with Crippen molar-refractivity contribution in [2.45, 2.75) is 25.3 Å². The van der Waals surface area contributed by atoms with Crippen LogP contribution in [0.3, 0.4) is 0 Å². The van der Waals surface area contributed by atoms with E-state index in [1.54, 1.807) is 4.57 Å². The molecule has 0 radical (unpaired) electrons. The highest BCUT2D eigenvalue weighted by molar-refractivity contribution is 6.31. The number of para-hydroxylation sites is 1.